The predicted octanol–water partition coefficient (Wildman–Crippen LogP) is 2.75. The van der Waals surface area contributed by atoms with Crippen molar-refractivity contribution in [1.82, 2.24) is 19.6 Å². The average molecular weight is 380 g/mol. The Morgan fingerprint density at radius 3 is 2.54 bits per heavy atom. The molecule has 7 heteroatoms. The van der Waals surface area contributed by atoms with E-state index in [9.17, 15) is 9.59 Å². The Labute approximate surface area is 163 Å². The summed E-state index contributed by atoms with van der Waals surface area (Å²) in [5.74, 6) is 0.403. The third-order valence-electron chi connectivity index (χ3n) is 4.64. The van der Waals surface area contributed by atoms with Crippen LogP contribution >= 0.6 is 0 Å². The van der Waals surface area contributed by atoms with E-state index in [1.54, 1.807) is 28.7 Å². The molecule has 7 nitrogen and oxygen atoms in total. The third-order valence-corrected chi connectivity index (χ3v) is 4.64. The lowest BCUT2D eigenvalue weighted by molar-refractivity contribution is 0.0760. The van der Waals surface area contributed by atoms with Crippen molar-refractivity contribution in [2.75, 3.05) is 20.2 Å². The summed E-state index contributed by atoms with van der Waals surface area (Å²) in [6, 6.07) is 12.9. The van der Waals surface area contributed by atoms with Crippen molar-refractivity contribution in [3.63, 3.8) is 0 Å². The van der Waals surface area contributed by atoms with E-state index in [0.717, 1.165) is 5.56 Å². The largest absolute Gasteiger partial charge is 0.496 e. The second-order valence-corrected chi connectivity index (χ2v) is 6.21. The van der Waals surface area contributed by atoms with E-state index in [2.05, 4.69) is 10.3 Å². The summed E-state index contributed by atoms with van der Waals surface area (Å²) in [6.45, 7) is 5.28. The van der Waals surface area contributed by atoms with Crippen LogP contribution in [0.1, 0.15) is 40.5 Å². The quantitative estimate of drug-likeness (QED) is 0.684. The number of rotatable bonds is 7. The molecule has 0 aliphatic rings. The first-order valence-electron chi connectivity index (χ1n) is 9.27. The van der Waals surface area contributed by atoms with Crippen LogP contribution in [0, 0.1) is 0 Å². The lowest BCUT2D eigenvalue weighted by Gasteiger charge is -2.17. The molecule has 28 heavy (non-hydrogen) atoms. The van der Waals surface area contributed by atoms with Gasteiger partial charge in [0.1, 0.15) is 5.75 Å². The molecule has 2 heterocycles. The average Bonchev–Trinajstić information content (AvgIpc) is 3.13. The highest BCUT2D eigenvalue weighted by Crippen LogP contribution is 2.18. The van der Waals surface area contributed by atoms with Crippen molar-refractivity contribution in [2.45, 2.75) is 20.4 Å². The maximum Gasteiger partial charge on any atom is 0.290 e. The predicted molar refractivity (Wildman–Crippen MR) is 107 cm³/mol. The molecule has 0 spiro atoms. The molecule has 0 unspecified atom stereocenters. The van der Waals surface area contributed by atoms with Crippen LogP contribution in [0.25, 0.3) is 5.52 Å². The number of methoxy groups -OCH3 is 1. The van der Waals surface area contributed by atoms with Gasteiger partial charge in [-0.2, -0.15) is 0 Å². The van der Waals surface area contributed by atoms with Crippen molar-refractivity contribution in [3.05, 3.63) is 65.7 Å². The summed E-state index contributed by atoms with van der Waals surface area (Å²) in [6.07, 6.45) is 1.75. The number of carbonyl (C=O) groups is 2. The zero-order valence-corrected chi connectivity index (χ0v) is 16.3. The van der Waals surface area contributed by atoms with Crippen LogP contribution in [0.15, 0.2) is 48.7 Å². The van der Waals surface area contributed by atoms with E-state index in [-0.39, 0.29) is 23.3 Å². The molecular formula is C21H24N4O3. The number of benzene rings is 1. The highest BCUT2D eigenvalue weighted by Gasteiger charge is 2.24. The smallest absolute Gasteiger partial charge is 0.290 e. The number of nitrogens with one attached hydrogen (secondary N) is 1. The van der Waals surface area contributed by atoms with Crippen LogP contribution in [0.5, 0.6) is 5.75 Å². The van der Waals surface area contributed by atoms with Crippen molar-refractivity contribution in [3.8, 4) is 5.75 Å². The van der Waals surface area contributed by atoms with E-state index < -0.39 is 0 Å². The van der Waals surface area contributed by atoms with Gasteiger partial charge in [0.05, 0.1) is 12.6 Å². The van der Waals surface area contributed by atoms with Gasteiger partial charge in [0.25, 0.3) is 11.8 Å². The van der Waals surface area contributed by atoms with Gasteiger partial charge >= 0.3 is 0 Å². The molecule has 0 saturated heterocycles. The Balaban J connectivity index is 1.90. The van der Waals surface area contributed by atoms with Crippen LogP contribution in [0.3, 0.4) is 0 Å². The molecule has 0 radical (unpaired) electrons. The molecule has 1 N–H and O–H groups in total. The van der Waals surface area contributed by atoms with Crippen LogP contribution in [-0.2, 0) is 6.54 Å². The van der Waals surface area contributed by atoms with Crippen LogP contribution < -0.4 is 10.1 Å². The van der Waals surface area contributed by atoms with Crippen LogP contribution in [0.4, 0.5) is 0 Å². The molecule has 0 fully saturated rings. The molecule has 3 rings (SSSR count). The summed E-state index contributed by atoms with van der Waals surface area (Å²) in [5, 5.41) is 2.87. The molecule has 0 aliphatic heterocycles. The van der Waals surface area contributed by atoms with Gasteiger partial charge in [-0.05, 0) is 32.0 Å². The van der Waals surface area contributed by atoms with E-state index in [0.29, 0.717) is 30.9 Å². The molecule has 146 valence electrons. The number of carbonyl (C=O) groups excluding carboxylic acids is 2. The summed E-state index contributed by atoms with van der Waals surface area (Å²) in [5.41, 5.74) is 1.68. The van der Waals surface area contributed by atoms with Gasteiger partial charge in [-0.3, -0.25) is 14.0 Å². The van der Waals surface area contributed by atoms with Crippen LogP contribution in [0.2, 0.25) is 0 Å². The molecule has 0 atom stereocenters. The van der Waals surface area contributed by atoms with E-state index in [1.165, 1.54) is 0 Å². The molecule has 0 aliphatic carbocycles. The normalized spacial score (nSPS) is 10.7. The summed E-state index contributed by atoms with van der Waals surface area (Å²) in [4.78, 5) is 31.7. The molecular weight excluding hydrogens is 356 g/mol. The van der Waals surface area contributed by atoms with Gasteiger partial charge in [0.2, 0.25) is 5.82 Å². The van der Waals surface area contributed by atoms with Crippen molar-refractivity contribution < 1.29 is 14.3 Å². The maximum absolute atomic E-state index is 12.8. The van der Waals surface area contributed by atoms with E-state index >= 15 is 0 Å². The second kappa shape index (κ2) is 8.56. The Hall–Kier alpha value is -3.35. The van der Waals surface area contributed by atoms with Gasteiger partial charge in [-0.15, -0.1) is 0 Å². The zero-order valence-electron chi connectivity index (χ0n) is 16.3. The molecule has 2 aromatic heterocycles. The minimum Gasteiger partial charge on any atom is -0.496 e. The SMILES string of the molecule is CCN(CC)C(=O)c1nc(C(=O)NCc2ccccc2OC)c2ccccn12. The number of ether oxygens (including phenoxy) is 1. The van der Waals surface area contributed by atoms with Crippen molar-refractivity contribution in [1.29, 1.82) is 0 Å². The number of imidazole rings is 1. The fraction of sp³-hybridized carbons (Fsp3) is 0.286. The summed E-state index contributed by atoms with van der Waals surface area (Å²) in [7, 11) is 1.59. The number of aromatic nitrogens is 2. The monoisotopic (exact) mass is 380 g/mol. The van der Waals surface area contributed by atoms with Gasteiger partial charge in [-0.25, -0.2) is 4.98 Å². The highest BCUT2D eigenvalue weighted by atomic mass is 16.5. The number of nitrogens with zero attached hydrogens (tertiary/aromatic N) is 3. The summed E-state index contributed by atoms with van der Waals surface area (Å²) < 4.78 is 6.98. The first-order chi connectivity index (χ1) is 13.6. The van der Waals surface area contributed by atoms with Gasteiger partial charge in [0.15, 0.2) is 5.69 Å². The fourth-order valence-electron chi connectivity index (χ4n) is 3.12. The highest BCUT2D eigenvalue weighted by molar-refractivity contribution is 6.02. The van der Waals surface area contributed by atoms with Crippen LogP contribution in [-0.4, -0.2) is 46.3 Å². The Bertz CT molecular complexity index is 992. The van der Waals surface area contributed by atoms with Gasteiger partial charge in [0, 0.05) is 31.4 Å². The first-order valence-corrected chi connectivity index (χ1v) is 9.27. The number of pyridine rings is 1. The number of para-hydroxylation sites is 1. The van der Waals surface area contributed by atoms with Crippen molar-refractivity contribution >= 4 is 17.3 Å². The molecule has 0 bridgehead atoms. The fourth-order valence-corrected chi connectivity index (χ4v) is 3.12. The number of hydrogen-bond acceptors (Lipinski definition) is 4. The first kappa shape index (κ1) is 19.4. The standard InChI is InChI=1S/C21H24N4O3/c1-4-24(5-2)21(27)19-23-18(16-11-8-9-13-25(16)19)20(26)22-14-15-10-6-7-12-17(15)28-3/h6-13H,4-5,14H2,1-3H3,(H,22,26). The molecule has 0 saturated carbocycles. The number of fused-ring (bicyclic) bond motifs is 1. The van der Waals surface area contributed by atoms with Crippen molar-refractivity contribution in [2.24, 2.45) is 0 Å². The zero-order chi connectivity index (χ0) is 20.1. The minimum absolute atomic E-state index is 0.199. The maximum atomic E-state index is 12.8. The third kappa shape index (κ3) is 3.69. The molecule has 1 aromatic carbocycles. The van der Waals surface area contributed by atoms with Gasteiger partial charge < -0.3 is 15.0 Å². The Morgan fingerprint density at radius 2 is 1.82 bits per heavy atom. The lowest BCUT2D eigenvalue weighted by Crippen LogP contribution is -2.32. The van der Waals surface area contributed by atoms with E-state index in [4.69, 9.17) is 4.74 Å². The molecule has 2 amide bonds. The Morgan fingerprint density at radius 1 is 1.11 bits per heavy atom. The lowest BCUT2D eigenvalue weighted by atomic mass is 10.2. The number of hydrogen-bond donors (Lipinski definition) is 1. The van der Waals surface area contributed by atoms with Gasteiger partial charge in [-0.1, -0.05) is 24.3 Å². The minimum atomic E-state index is -0.340. The summed E-state index contributed by atoms with van der Waals surface area (Å²) >= 11 is 0. The number of amides is 2. The topological polar surface area (TPSA) is 75.9 Å². The Kier molecular flexibility index (Phi) is 5.93. The second-order valence-electron chi connectivity index (χ2n) is 6.21. The molecule has 3 aromatic rings. The van der Waals surface area contributed by atoms with E-state index in [1.807, 2.05) is 50.2 Å².